The summed E-state index contributed by atoms with van der Waals surface area (Å²) in [5, 5.41) is 1.08. The first kappa shape index (κ1) is 20.8. The molecule has 0 bridgehead atoms. The average Bonchev–Trinajstić information content (AvgIpc) is 3.06. The van der Waals surface area contributed by atoms with E-state index in [2.05, 4.69) is 44.4 Å². The Labute approximate surface area is 187 Å². The molecule has 154 valence electrons. The molecule has 0 fully saturated rings. The molecule has 0 amide bonds. The summed E-state index contributed by atoms with van der Waals surface area (Å²) in [7, 11) is 0. The van der Waals surface area contributed by atoms with Crippen molar-refractivity contribution in [3.05, 3.63) is 92.2 Å². The molecule has 0 radical (unpaired) electrons. The number of ether oxygens (including phenoxy) is 1. The molecule has 0 saturated carbocycles. The van der Waals surface area contributed by atoms with Gasteiger partial charge in [0.25, 0.3) is 0 Å². The van der Waals surface area contributed by atoms with E-state index in [1.165, 1.54) is 27.8 Å². The number of para-hydroxylation sites is 2. The lowest BCUT2D eigenvalue weighted by Crippen LogP contribution is -2.11. The Hall–Kier alpha value is -2.49. The SMILES string of the molecule is Cc1cc(C)c(C)c(Cn2c(COc3ccc(Cl)cc3Cl)nc3ccccc32)c1C. The maximum atomic E-state index is 6.28. The van der Waals surface area contributed by atoms with Crippen LogP contribution >= 0.6 is 23.2 Å². The number of hydrogen-bond acceptors (Lipinski definition) is 2. The number of imidazole rings is 1. The Morgan fingerprint density at radius 1 is 0.900 bits per heavy atom. The van der Waals surface area contributed by atoms with E-state index in [1.807, 2.05) is 18.2 Å². The summed E-state index contributed by atoms with van der Waals surface area (Å²) in [4.78, 5) is 4.84. The number of aromatic nitrogens is 2. The molecule has 0 N–H and O–H groups in total. The van der Waals surface area contributed by atoms with E-state index in [0.29, 0.717) is 22.4 Å². The summed E-state index contributed by atoms with van der Waals surface area (Å²) in [5.74, 6) is 1.46. The van der Waals surface area contributed by atoms with Gasteiger partial charge >= 0.3 is 0 Å². The number of rotatable bonds is 5. The average molecular weight is 439 g/mol. The fourth-order valence-corrected chi connectivity index (χ4v) is 4.30. The quantitative estimate of drug-likeness (QED) is 0.329. The second-order valence-electron chi connectivity index (χ2n) is 7.71. The summed E-state index contributed by atoms with van der Waals surface area (Å²) < 4.78 is 8.26. The van der Waals surface area contributed by atoms with E-state index < -0.39 is 0 Å². The van der Waals surface area contributed by atoms with Crippen molar-refractivity contribution in [3.8, 4) is 5.75 Å². The Morgan fingerprint density at radius 3 is 2.30 bits per heavy atom. The highest BCUT2D eigenvalue weighted by molar-refractivity contribution is 6.35. The van der Waals surface area contributed by atoms with Crippen molar-refractivity contribution >= 4 is 34.2 Å². The number of halogens is 2. The maximum Gasteiger partial charge on any atom is 0.148 e. The lowest BCUT2D eigenvalue weighted by atomic mass is 9.94. The summed E-state index contributed by atoms with van der Waals surface area (Å²) in [6.45, 7) is 9.79. The number of nitrogens with zero attached hydrogens (tertiary/aromatic N) is 2. The van der Waals surface area contributed by atoms with Crippen LogP contribution < -0.4 is 4.74 Å². The summed E-state index contributed by atoms with van der Waals surface area (Å²) in [6, 6.07) is 15.7. The summed E-state index contributed by atoms with van der Waals surface area (Å²) in [6.07, 6.45) is 0. The first-order valence-corrected chi connectivity index (χ1v) is 10.7. The highest BCUT2D eigenvalue weighted by Gasteiger charge is 2.16. The maximum absolute atomic E-state index is 6.28. The molecule has 0 saturated heterocycles. The van der Waals surface area contributed by atoms with Crippen molar-refractivity contribution in [2.75, 3.05) is 0 Å². The smallest absolute Gasteiger partial charge is 0.148 e. The van der Waals surface area contributed by atoms with Gasteiger partial charge in [-0.1, -0.05) is 41.4 Å². The van der Waals surface area contributed by atoms with Crippen molar-refractivity contribution in [3.63, 3.8) is 0 Å². The molecule has 5 heteroatoms. The third-order valence-electron chi connectivity index (χ3n) is 5.82. The fraction of sp³-hybridized carbons (Fsp3) is 0.240. The fourth-order valence-electron chi connectivity index (χ4n) is 3.84. The van der Waals surface area contributed by atoms with E-state index in [1.54, 1.807) is 18.2 Å². The molecule has 1 aromatic heterocycles. The zero-order chi connectivity index (χ0) is 21.4. The molecule has 0 spiro atoms. The van der Waals surface area contributed by atoms with Gasteiger partial charge in [-0.2, -0.15) is 0 Å². The van der Waals surface area contributed by atoms with Crippen molar-refractivity contribution in [1.82, 2.24) is 9.55 Å². The van der Waals surface area contributed by atoms with E-state index in [0.717, 1.165) is 23.4 Å². The predicted molar refractivity (Wildman–Crippen MR) is 125 cm³/mol. The molecule has 4 aromatic rings. The zero-order valence-electron chi connectivity index (χ0n) is 17.6. The minimum Gasteiger partial charge on any atom is -0.484 e. The number of hydrogen-bond donors (Lipinski definition) is 0. The van der Waals surface area contributed by atoms with Gasteiger partial charge in [0.15, 0.2) is 0 Å². The van der Waals surface area contributed by atoms with Gasteiger partial charge in [0.2, 0.25) is 0 Å². The van der Waals surface area contributed by atoms with Gasteiger partial charge in [-0.25, -0.2) is 4.98 Å². The molecule has 4 rings (SSSR count). The standard InChI is InChI=1S/C25H24Cl2N2O/c1-15-11-16(2)18(4)20(17(15)3)13-29-23-8-6-5-7-22(23)28-25(29)14-30-24-10-9-19(26)12-21(24)27/h5-12H,13-14H2,1-4H3. The van der Waals surface area contributed by atoms with Crippen molar-refractivity contribution in [1.29, 1.82) is 0 Å². The minimum absolute atomic E-state index is 0.318. The monoisotopic (exact) mass is 438 g/mol. The highest BCUT2D eigenvalue weighted by Crippen LogP contribution is 2.29. The predicted octanol–water partition coefficient (Wildman–Crippen LogP) is 7.20. The molecular weight excluding hydrogens is 415 g/mol. The van der Waals surface area contributed by atoms with Crippen LogP contribution in [-0.4, -0.2) is 9.55 Å². The van der Waals surface area contributed by atoms with Crippen LogP contribution in [0, 0.1) is 27.7 Å². The summed E-state index contributed by atoms with van der Waals surface area (Å²) >= 11 is 12.3. The zero-order valence-corrected chi connectivity index (χ0v) is 19.1. The normalized spacial score (nSPS) is 11.3. The van der Waals surface area contributed by atoms with Crippen LogP contribution in [0.5, 0.6) is 5.75 Å². The van der Waals surface area contributed by atoms with E-state index >= 15 is 0 Å². The molecule has 0 atom stereocenters. The largest absolute Gasteiger partial charge is 0.484 e. The van der Waals surface area contributed by atoms with E-state index in [-0.39, 0.29) is 0 Å². The van der Waals surface area contributed by atoms with Crippen LogP contribution in [0.1, 0.15) is 33.6 Å². The number of aryl methyl sites for hydroxylation is 2. The lowest BCUT2D eigenvalue weighted by Gasteiger charge is -2.18. The van der Waals surface area contributed by atoms with E-state index in [9.17, 15) is 0 Å². The lowest BCUT2D eigenvalue weighted by molar-refractivity contribution is 0.291. The van der Waals surface area contributed by atoms with Crippen LogP contribution in [0.15, 0.2) is 48.5 Å². The Bertz CT molecular complexity index is 1220. The molecule has 0 aliphatic carbocycles. The Balaban J connectivity index is 1.75. The second kappa shape index (κ2) is 8.33. The van der Waals surface area contributed by atoms with Gasteiger partial charge in [0, 0.05) is 5.02 Å². The van der Waals surface area contributed by atoms with Gasteiger partial charge in [-0.05, 0) is 85.8 Å². The first-order valence-electron chi connectivity index (χ1n) is 9.93. The molecule has 0 unspecified atom stereocenters. The second-order valence-corrected chi connectivity index (χ2v) is 8.55. The van der Waals surface area contributed by atoms with Crippen molar-refractivity contribution in [2.45, 2.75) is 40.8 Å². The molecule has 0 aliphatic rings. The van der Waals surface area contributed by atoms with Crippen LogP contribution in [0.4, 0.5) is 0 Å². The minimum atomic E-state index is 0.318. The molecular formula is C25H24Cl2N2O. The Kier molecular flexibility index (Phi) is 5.77. The Morgan fingerprint density at radius 2 is 1.60 bits per heavy atom. The van der Waals surface area contributed by atoms with Gasteiger partial charge in [-0.15, -0.1) is 0 Å². The first-order chi connectivity index (χ1) is 14.3. The van der Waals surface area contributed by atoms with Crippen LogP contribution in [-0.2, 0) is 13.2 Å². The molecule has 3 aromatic carbocycles. The third-order valence-corrected chi connectivity index (χ3v) is 6.35. The third kappa shape index (κ3) is 3.92. The van der Waals surface area contributed by atoms with Gasteiger partial charge < -0.3 is 9.30 Å². The van der Waals surface area contributed by atoms with Crippen molar-refractivity contribution < 1.29 is 4.74 Å². The van der Waals surface area contributed by atoms with Gasteiger partial charge in [0.05, 0.1) is 22.6 Å². The topological polar surface area (TPSA) is 27.1 Å². The molecule has 1 heterocycles. The number of benzene rings is 3. The molecule has 0 aliphatic heterocycles. The van der Waals surface area contributed by atoms with Crippen LogP contribution in [0.3, 0.4) is 0 Å². The van der Waals surface area contributed by atoms with Gasteiger partial charge in [0.1, 0.15) is 18.2 Å². The summed E-state index contributed by atoms with van der Waals surface area (Å²) in [5.41, 5.74) is 8.65. The van der Waals surface area contributed by atoms with Gasteiger partial charge in [-0.3, -0.25) is 0 Å². The molecule has 30 heavy (non-hydrogen) atoms. The molecule has 3 nitrogen and oxygen atoms in total. The number of fused-ring (bicyclic) bond motifs is 1. The van der Waals surface area contributed by atoms with E-state index in [4.69, 9.17) is 32.9 Å². The highest BCUT2D eigenvalue weighted by atomic mass is 35.5. The van der Waals surface area contributed by atoms with Crippen molar-refractivity contribution in [2.24, 2.45) is 0 Å². The van der Waals surface area contributed by atoms with Crippen LogP contribution in [0.2, 0.25) is 10.0 Å². The van der Waals surface area contributed by atoms with Crippen LogP contribution in [0.25, 0.3) is 11.0 Å².